The van der Waals surface area contributed by atoms with Gasteiger partial charge in [-0.15, -0.1) is 0 Å². The van der Waals surface area contributed by atoms with Gasteiger partial charge in [-0.2, -0.15) is 0 Å². The van der Waals surface area contributed by atoms with E-state index in [4.69, 9.17) is 0 Å². The molecule has 4 heteroatoms. The van der Waals surface area contributed by atoms with Gasteiger partial charge in [-0.05, 0) is 13.0 Å². The lowest BCUT2D eigenvalue weighted by Crippen LogP contribution is -2.28. The second-order valence-corrected chi connectivity index (χ2v) is 3.86. The fraction of sp³-hybridized carbons (Fsp3) is 0.500. The van der Waals surface area contributed by atoms with Crippen LogP contribution in [0.1, 0.15) is 19.0 Å². The van der Waals surface area contributed by atoms with Gasteiger partial charge >= 0.3 is 0 Å². The van der Waals surface area contributed by atoms with E-state index in [2.05, 4.69) is 39.3 Å². The van der Waals surface area contributed by atoms with Gasteiger partial charge in [0.2, 0.25) is 0 Å². The van der Waals surface area contributed by atoms with E-state index in [1.807, 2.05) is 12.4 Å². The Morgan fingerprint density at radius 1 is 1.38 bits per heavy atom. The summed E-state index contributed by atoms with van der Waals surface area (Å²) in [5.41, 5.74) is 1.01. The fourth-order valence-corrected chi connectivity index (χ4v) is 1.73. The molecule has 1 aliphatic rings. The van der Waals surface area contributed by atoms with Crippen molar-refractivity contribution in [3.05, 3.63) is 30.2 Å². The van der Waals surface area contributed by atoms with Crippen LogP contribution in [0.2, 0.25) is 0 Å². The highest BCUT2D eigenvalue weighted by Gasteiger charge is 2.09. The monoisotopic (exact) mass is 218 g/mol. The van der Waals surface area contributed by atoms with Gasteiger partial charge in [-0.3, -0.25) is 4.98 Å². The summed E-state index contributed by atoms with van der Waals surface area (Å²) in [5.74, 6) is 0.986. The molecule has 16 heavy (non-hydrogen) atoms. The van der Waals surface area contributed by atoms with Crippen LogP contribution in [-0.4, -0.2) is 29.6 Å². The summed E-state index contributed by atoms with van der Waals surface area (Å²) in [6, 6.07) is 0. The van der Waals surface area contributed by atoms with Crippen molar-refractivity contribution in [2.24, 2.45) is 0 Å². The fourth-order valence-electron chi connectivity index (χ4n) is 1.73. The Hall–Kier alpha value is -1.42. The van der Waals surface area contributed by atoms with Crippen LogP contribution < -0.4 is 10.2 Å². The molecule has 0 unspecified atom stereocenters. The maximum Gasteiger partial charge on any atom is 0.147 e. The van der Waals surface area contributed by atoms with E-state index in [1.54, 1.807) is 0 Å². The first-order valence-corrected chi connectivity index (χ1v) is 5.81. The van der Waals surface area contributed by atoms with E-state index < -0.39 is 0 Å². The van der Waals surface area contributed by atoms with Crippen LogP contribution in [0.5, 0.6) is 0 Å². The minimum absolute atomic E-state index is 0.793. The van der Waals surface area contributed by atoms with E-state index >= 15 is 0 Å². The molecule has 1 N–H and O–H groups in total. The molecule has 0 fully saturated rings. The number of anilines is 1. The van der Waals surface area contributed by atoms with Crippen molar-refractivity contribution < 1.29 is 0 Å². The molecule has 0 atom stereocenters. The molecule has 1 aromatic rings. The summed E-state index contributed by atoms with van der Waals surface area (Å²) in [6.45, 7) is 5.82. The number of hydrogen-bond acceptors (Lipinski definition) is 4. The first-order valence-electron chi connectivity index (χ1n) is 5.81. The number of nitrogens with zero attached hydrogens (tertiary/aromatic N) is 3. The van der Waals surface area contributed by atoms with Gasteiger partial charge in [0.15, 0.2) is 0 Å². The smallest absolute Gasteiger partial charge is 0.147 e. The zero-order valence-electron chi connectivity index (χ0n) is 9.69. The van der Waals surface area contributed by atoms with Crippen molar-refractivity contribution in [2.75, 3.05) is 24.5 Å². The Balaban J connectivity index is 2.05. The molecule has 4 nitrogen and oxygen atoms in total. The highest BCUT2D eigenvalue weighted by Crippen LogP contribution is 2.13. The zero-order valence-corrected chi connectivity index (χ0v) is 9.69. The summed E-state index contributed by atoms with van der Waals surface area (Å²) in [6.07, 6.45) is 9.16. The molecule has 1 aromatic heterocycles. The first-order chi connectivity index (χ1) is 7.90. The van der Waals surface area contributed by atoms with Crippen molar-refractivity contribution in [2.45, 2.75) is 19.9 Å². The van der Waals surface area contributed by atoms with Crippen LogP contribution in [0.3, 0.4) is 0 Å². The van der Waals surface area contributed by atoms with Crippen LogP contribution in [0, 0.1) is 0 Å². The van der Waals surface area contributed by atoms with E-state index in [-0.39, 0.29) is 0 Å². The molecule has 0 saturated carbocycles. The van der Waals surface area contributed by atoms with Crippen molar-refractivity contribution in [3.63, 3.8) is 0 Å². The number of hydrogen-bond donors (Lipinski definition) is 1. The van der Waals surface area contributed by atoms with E-state index in [0.29, 0.717) is 0 Å². The Labute approximate surface area is 96.4 Å². The molecule has 0 aromatic carbocycles. The molecule has 86 valence electrons. The van der Waals surface area contributed by atoms with Crippen LogP contribution in [0.4, 0.5) is 5.82 Å². The van der Waals surface area contributed by atoms with Gasteiger partial charge in [0.05, 0.1) is 11.9 Å². The van der Waals surface area contributed by atoms with E-state index in [9.17, 15) is 0 Å². The summed E-state index contributed by atoms with van der Waals surface area (Å²) in [4.78, 5) is 11.1. The Kier molecular flexibility index (Phi) is 3.88. The van der Waals surface area contributed by atoms with Gasteiger partial charge in [0.25, 0.3) is 0 Å². The van der Waals surface area contributed by atoms with Gasteiger partial charge in [0, 0.05) is 25.8 Å². The maximum atomic E-state index is 4.60. The van der Waals surface area contributed by atoms with Crippen molar-refractivity contribution >= 4 is 5.82 Å². The molecular formula is C12H18N4. The highest BCUT2D eigenvalue weighted by atomic mass is 15.2. The van der Waals surface area contributed by atoms with Gasteiger partial charge in [-0.1, -0.05) is 19.1 Å². The van der Waals surface area contributed by atoms with Crippen molar-refractivity contribution in [1.29, 1.82) is 0 Å². The number of nitrogens with one attached hydrogen (secondary N) is 1. The SMILES string of the molecule is CCNCc1cncc(N2CC=CCC2)n1. The van der Waals surface area contributed by atoms with Gasteiger partial charge < -0.3 is 10.2 Å². The normalized spacial score (nSPS) is 15.4. The van der Waals surface area contributed by atoms with Gasteiger partial charge in [0.1, 0.15) is 5.82 Å². The highest BCUT2D eigenvalue weighted by molar-refractivity contribution is 5.38. The van der Waals surface area contributed by atoms with Crippen LogP contribution in [0.25, 0.3) is 0 Å². The third-order valence-electron chi connectivity index (χ3n) is 2.61. The summed E-state index contributed by atoms with van der Waals surface area (Å²) in [7, 11) is 0. The average molecular weight is 218 g/mol. The van der Waals surface area contributed by atoms with E-state index in [0.717, 1.165) is 44.1 Å². The molecule has 2 rings (SSSR count). The summed E-state index contributed by atoms with van der Waals surface area (Å²) >= 11 is 0. The molecule has 0 saturated heterocycles. The largest absolute Gasteiger partial charge is 0.351 e. The lowest BCUT2D eigenvalue weighted by Gasteiger charge is -2.24. The second-order valence-electron chi connectivity index (χ2n) is 3.86. The molecule has 0 amide bonds. The van der Waals surface area contributed by atoms with Gasteiger partial charge in [-0.25, -0.2) is 4.98 Å². The van der Waals surface area contributed by atoms with Crippen LogP contribution >= 0.6 is 0 Å². The zero-order chi connectivity index (χ0) is 11.2. The molecule has 0 bridgehead atoms. The minimum atomic E-state index is 0.793. The lowest BCUT2D eigenvalue weighted by molar-refractivity contribution is 0.701. The summed E-state index contributed by atoms with van der Waals surface area (Å²) < 4.78 is 0. The predicted octanol–water partition coefficient (Wildman–Crippen LogP) is 1.35. The third kappa shape index (κ3) is 2.79. The third-order valence-corrected chi connectivity index (χ3v) is 2.61. The average Bonchev–Trinajstić information content (AvgIpc) is 2.38. The van der Waals surface area contributed by atoms with Crippen molar-refractivity contribution in [1.82, 2.24) is 15.3 Å². The topological polar surface area (TPSA) is 41.1 Å². The molecule has 0 spiro atoms. The summed E-state index contributed by atoms with van der Waals surface area (Å²) in [5, 5.41) is 3.26. The van der Waals surface area contributed by atoms with Crippen molar-refractivity contribution in [3.8, 4) is 0 Å². The standard InChI is InChI=1S/C12H18N4/c1-2-13-8-11-9-14-10-12(15-11)16-6-4-3-5-7-16/h3-4,9-10,13H,2,5-8H2,1H3. The molecule has 2 heterocycles. The molecule has 1 aliphatic heterocycles. The predicted molar refractivity (Wildman–Crippen MR) is 65.4 cm³/mol. The maximum absolute atomic E-state index is 4.60. The number of rotatable bonds is 4. The van der Waals surface area contributed by atoms with Crippen LogP contribution in [0.15, 0.2) is 24.5 Å². The number of aromatic nitrogens is 2. The Morgan fingerprint density at radius 2 is 2.31 bits per heavy atom. The quantitative estimate of drug-likeness (QED) is 0.775. The lowest BCUT2D eigenvalue weighted by atomic mass is 10.2. The Morgan fingerprint density at radius 3 is 3.06 bits per heavy atom. The first kappa shape index (κ1) is 11.1. The van der Waals surface area contributed by atoms with E-state index in [1.165, 1.54) is 0 Å². The minimum Gasteiger partial charge on any atom is -0.351 e. The second kappa shape index (κ2) is 5.61. The molecule has 0 radical (unpaired) electrons. The Bertz CT molecular complexity index is 362. The van der Waals surface area contributed by atoms with Crippen LogP contribution in [-0.2, 0) is 6.54 Å². The molecular weight excluding hydrogens is 200 g/mol. The molecule has 0 aliphatic carbocycles.